The second-order valence-corrected chi connectivity index (χ2v) is 7.79. The quantitative estimate of drug-likeness (QED) is 0.172. The van der Waals surface area contributed by atoms with Gasteiger partial charge in [0, 0.05) is 18.9 Å². The maximum Gasteiger partial charge on any atom is 0.118 e. The van der Waals surface area contributed by atoms with E-state index in [2.05, 4.69) is 47.6 Å². The molecule has 0 saturated heterocycles. The van der Waals surface area contributed by atoms with Crippen LogP contribution in [0.2, 0.25) is 0 Å². The van der Waals surface area contributed by atoms with Crippen LogP contribution in [-0.2, 0) is 6.42 Å². The molecule has 0 aliphatic heterocycles. The first-order valence-electron chi connectivity index (χ1n) is 10.9. The van der Waals surface area contributed by atoms with Crippen molar-refractivity contribution in [1.82, 2.24) is 10.3 Å². The highest BCUT2D eigenvalue weighted by Gasteiger charge is 2.02. The number of aromatic nitrogens is 1. The fourth-order valence-electron chi connectivity index (χ4n) is 3.22. The average molecular weight is 423 g/mol. The van der Waals surface area contributed by atoms with Crippen LogP contribution in [-0.4, -0.2) is 23.6 Å². The summed E-state index contributed by atoms with van der Waals surface area (Å²) in [5, 5.41) is 3.33. The van der Waals surface area contributed by atoms with Crippen LogP contribution in [0.1, 0.15) is 56.6 Å². The number of aryl methyl sites for hydroxylation is 1. The molecule has 1 aromatic carbocycles. The molecule has 4 heteroatoms. The second kappa shape index (κ2) is 14.5. The summed E-state index contributed by atoms with van der Waals surface area (Å²) < 4.78 is 5.28. The van der Waals surface area contributed by atoms with Crippen LogP contribution in [0.5, 0.6) is 5.75 Å². The van der Waals surface area contributed by atoms with E-state index in [1.54, 1.807) is 7.11 Å². The summed E-state index contributed by atoms with van der Waals surface area (Å²) >= 11 is 5.45. The minimum Gasteiger partial charge on any atom is -0.497 e. The van der Waals surface area contributed by atoms with Crippen LogP contribution in [0.4, 0.5) is 0 Å². The number of pyridine rings is 1. The molecule has 1 heterocycles. The molecule has 0 aliphatic rings. The van der Waals surface area contributed by atoms with E-state index in [0.29, 0.717) is 0 Å². The molecule has 0 unspecified atom stereocenters. The van der Waals surface area contributed by atoms with Gasteiger partial charge in [-0.2, -0.15) is 0 Å². The van der Waals surface area contributed by atoms with E-state index >= 15 is 0 Å². The molecule has 1 aromatic heterocycles. The van der Waals surface area contributed by atoms with E-state index in [0.717, 1.165) is 43.0 Å². The Kier molecular flexibility index (Phi) is 11.5. The average Bonchev–Trinajstić information content (AvgIpc) is 2.79. The van der Waals surface area contributed by atoms with Crippen LogP contribution in [0, 0.1) is 0 Å². The summed E-state index contributed by atoms with van der Waals surface area (Å²) in [7, 11) is 1.70. The zero-order valence-corrected chi connectivity index (χ0v) is 19.1. The summed E-state index contributed by atoms with van der Waals surface area (Å²) in [6, 6.07) is 12.4. The number of benzene rings is 1. The second-order valence-electron chi connectivity index (χ2n) is 7.35. The summed E-state index contributed by atoms with van der Waals surface area (Å²) in [5.41, 5.74) is 3.87. The molecule has 0 atom stereocenters. The van der Waals surface area contributed by atoms with Crippen molar-refractivity contribution in [2.75, 3.05) is 13.7 Å². The number of hydrogen-bond donors (Lipinski definition) is 1. The highest BCUT2D eigenvalue weighted by Crippen LogP contribution is 2.23. The Morgan fingerprint density at radius 1 is 1.10 bits per heavy atom. The van der Waals surface area contributed by atoms with E-state index in [-0.39, 0.29) is 0 Å². The van der Waals surface area contributed by atoms with Gasteiger partial charge in [0.15, 0.2) is 0 Å². The lowest BCUT2D eigenvalue weighted by Crippen LogP contribution is -2.20. The van der Waals surface area contributed by atoms with Crippen molar-refractivity contribution in [2.24, 2.45) is 0 Å². The molecule has 30 heavy (non-hydrogen) atoms. The molecule has 0 amide bonds. The Bertz CT molecular complexity index is 798. The van der Waals surface area contributed by atoms with Crippen molar-refractivity contribution in [3.8, 4) is 5.75 Å². The fraction of sp³-hybridized carbons (Fsp3) is 0.385. The first-order chi connectivity index (χ1) is 14.7. The van der Waals surface area contributed by atoms with Crippen molar-refractivity contribution >= 4 is 22.8 Å². The molecule has 0 fully saturated rings. The molecule has 3 nitrogen and oxygen atoms in total. The van der Waals surface area contributed by atoms with Crippen molar-refractivity contribution in [1.29, 1.82) is 0 Å². The predicted molar refractivity (Wildman–Crippen MR) is 132 cm³/mol. The smallest absolute Gasteiger partial charge is 0.118 e. The van der Waals surface area contributed by atoms with Gasteiger partial charge in [0.1, 0.15) is 5.75 Å². The monoisotopic (exact) mass is 422 g/mol. The normalized spacial score (nSPS) is 11.6. The summed E-state index contributed by atoms with van der Waals surface area (Å²) in [4.78, 5) is 4.94. The molecule has 0 spiro atoms. The first kappa shape index (κ1) is 23.8. The Morgan fingerprint density at radius 3 is 2.63 bits per heavy atom. The zero-order valence-electron chi connectivity index (χ0n) is 18.3. The fourth-order valence-corrected chi connectivity index (χ4v) is 3.40. The number of rotatable bonds is 13. The van der Waals surface area contributed by atoms with Crippen LogP contribution >= 0.6 is 12.2 Å². The number of methoxy groups -OCH3 is 1. The highest BCUT2D eigenvalue weighted by molar-refractivity contribution is 7.80. The lowest BCUT2D eigenvalue weighted by Gasteiger charge is -2.08. The van der Waals surface area contributed by atoms with Gasteiger partial charge in [0.25, 0.3) is 0 Å². The molecule has 1 N–H and O–H groups in total. The number of ether oxygens (including phenoxy) is 1. The summed E-state index contributed by atoms with van der Waals surface area (Å²) in [5.74, 6) is 0.885. The summed E-state index contributed by atoms with van der Waals surface area (Å²) in [6.07, 6.45) is 18.0. The van der Waals surface area contributed by atoms with Crippen molar-refractivity contribution in [2.45, 2.75) is 51.9 Å². The molecule has 2 aromatic rings. The lowest BCUT2D eigenvalue weighted by molar-refractivity contribution is 0.415. The molecular formula is C26H34N2OS. The summed E-state index contributed by atoms with van der Waals surface area (Å²) in [6.45, 7) is 3.13. The molecule has 2 rings (SSSR count). The van der Waals surface area contributed by atoms with Crippen LogP contribution in [0.25, 0.3) is 5.57 Å². The Morgan fingerprint density at radius 2 is 1.93 bits per heavy atom. The van der Waals surface area contributed by atoms with Gasteiger partial charge in [-0.1, -0.05) is 62.3 Å². The van der Waals surface area contributed by atoms with Crippen LogP contribution in [0.3, 0.4) is 0 Å². The van der Waals surface area contributed by atoms with Crippen molar-refractivity contribution in [3.05, 3.63) is 78.1 Å². The van der Waals surface area contributed by atoms with Gasteiger partial charge in [-0.05, 0) is 73.1 Å². The molecule has 0 saturated carbocycles. The number of hydrogen-bond acceptors (Lipinski definition) is 3. The number of allylic oxidation sites excluding steroid dienone is 3. The van der Waals surface area contributed by atoms with E-state index in [9.17, 15) is 0 Å². The molecular weight excluding hydrogens is 388 g/mol. The van der Waals surface area contributed by atoms with E-state index in [1.807, 2.05) is 36.7 Å². The van der Waals surface area contributed by atoms with Gasteiger partial charge in [-0.25, -0.2) is 0 Å². The zero-order chi connectivity index (χ0) is 21.4. The first-order valence-corrected chi connectivity index (χ1v) is 11.3. The van der Waals surface area contributed by atoms with Gasteiger partial charge >= 0.3 is 0 Å². The molecule has 0 bridgehead atoms. The Hall–Kier alpha value is -2.46. The minimum atomic E-state index is 0.787. The van der Waals surface area contributed by atoms with Gasteiger partial charge in [-0.3, -0.25) is 4.98 Å². The van der Waals surface area contributed by atoms with E-state index in [4.69, 9.17) is 17.0 Å². The Labute approximate surface area is 187 Å². The molecule has 0 radical (unpaired) electrons. The van der Waals surface area contributed by atoms with E-state index < -0.39 is 0 Å². The third kappa shape index (κ3) is 9.36. The maximum atomic E-state index is 5.45. The number of nitrogens with one attached hydrogen (secondary N) is 1. The van der Waals surface area contributed by atoms with Crippen LogP contribution in [0.15, 0.2) is 67.0 Å². The largest absolute Gasteiger partial charge is 0.497 e. The molecule has 160 valence electrons. The highest BCUT2D eigenvalue weighted by atomic mass is 32.1. The topological polar surface area (TPSA) is 34.2 Å². The van der Waals surface area contributed by atoms with Gasteiger partial charge in [0.2, 0.25) is 0 Å². The number of unbranched alkanes of at least 4 members (excludes halogenated alkanes) is 3. The van der Waals surface area contributed by atoms with Gasteiger partial charge in [-0.15, -0.1) is 0 Å². The SMILES string of the molecule is CCCCC/C(=C\C=C\C(=S)NCCCCc1cccnc1)c1ccc(OC)cc1. The molecule has 0 aliphatic carbocycles. The lowest BCUT2D eigenvalue weighted by atomic mass is 9.99. The van der Waals surface area contributed by atoms with Crippen LogP contribution < -0.4 is 10.1 Å². The Balaban J connectivity index is 1.80. The number of nitrogens with zero attached hydrogens (tertiary/aromatic N) is 1. The predicted octanol–water partition coefficient (Wildman–Crippen LogP) is 6.55. The van der Waals surface area contributed by atoms with Gasteiger partial charge in [0.05, 0.1) is 12.1 Å². The third-order valence-corrected chi connectivity index (χ3v) is 5.25. The van der Waals surface area contributed by atoms with Gasteiger partial charge < -0.3 is 10.1 Å². The van der Waals surface area contributed by atoms with Crippen molar-refractivity contribution < 1.29 is 4.74 Å². The third-order valence-electron chi connectivity index (χ3n) is 4.97. The minimum absolute atomic E-state index is 0.787. The number of thiocarbonyl (C=S) groups is 1. The van der Waals surface area contributed by atoms with E-state index in [1.165, 1.54) is 36.0 Å². The standard InChI is InChI=1S/C26H34N2OS/c1-3-4-5-12-23(24-15-17-25(29-2)18-16-24)13-8-14-26(30)28-20-7-6-10-22-11-9-19-27-21-22/h8-9,11,13-19,21H,3-7,10,12,20H2,1-2H3,(H,28,30)/b14-8+,23-13+. The van der Waals surface area contributed by atoms with Crippen molar-refractivity contribution in [3.63, 3.8) is 0 Å². The maximum absolute atomic E-state index is 5.45.